The first-order valence-corrected chi connectivity index (χ1v) is 6.94. The number of aliphatic hydroxyl groups excluding tert-OH is 1. The number of aromatic nitrogens is 4. The topological polar surface area (TPSA) is 102 Å². The van der Waals surface area contributed by atoms with Crippen molar-refractivity contribution in [3.63, 3.8) is 0 Å². The maximum absolute atomic E-state index is 11.6. The van der Waals surface area contributed by atoms with E-state index in [0.717, 1.165) is 4.88 Å². The molecule has 2 N–H and O–H groups in total. The molecular formula is C11H15N5O3S. The third-order valence-electron chi connectivity index (χ3n) is 2.28. The fraction of sp³-hybridized carbons (Fsp3) is 0.455. The number of tetrazole rings is 1. The predicted molar refractivity (Wildman–Crippen MR) is 72.0 cm³/mol. The highest BCUT2D eigenvalue weighted by atomic mass is 32.1. The number of nitrogens with zero attached hydrogens (tertiary/aromatic N) is 4. The van der Waals surface area contributed by atoms with E-state index in [9.17, 15) is 4.79 Å². The number of nitrogens with one attached hydrogen (secondary N) is 1. The Morgan fingerprint density at radius 2 is 2.40 bits per heavy atom. The first kappa shape index (κ1) is 14.6. The summed E-state index contributed by atoms with van der Waals surface area (Å²) in [5.74, 6) is 0.298. The van der Waals surface area contributed by atoms with Crippen LogP contribution in [0.25, 0.3) is 10.7 Å². The van der Waals surface area contributed by atoms with Crippen LogP contribution < -0.4 is 5.32 Å². The number of amides is 1. The summed E-state index contributed by atoms with van der Waals surface area (Å²) < 4.78 is 5.02. The van der Waals surface area contributed by atoms with E-state index in [0.29, 0.717) is 19.0 Å². The van der Waals surface area contributed by atoms with Crippen LogP contribution >= 0.6 is 11.3 Å². The standard InChI is InChI=1S/C11H15N5O3S/c17-4-6-19-5-3-12-10(18)8-16-14-11(13-15-16)9-2-1-7-20-9/h1-2,7,17H,3-6,8H2,(H,12,18). The van der Waals surface area contributed by atoms with Gasteiger partial charge in [-0.3, -0.25) is 4.79 Å². The van der Waals surface area contributed by atoms with Crippen molar-refractivity contribution in [2.75, 3.05) is 26.4 Å². The van der Waals surface area contributed by atoms with Crippen LogP contribution in [0, 0.1) is 0 Å². The molecule has 20 heavy (non-hydrogen) atoms. The smallest absolute Gasteiger partial charge is 0.243 e. The molecular weight excluding hydrogens is 282 g/mol. The number of carbonyl (C=O) groups excluding carboxylic acids is 1. The molecule has 2 aromatic rings. The van der Waals surface area contributed by atoms with Crippen LogP contribution in [-0.4, -0.2) is 57.6 Å². The maximum atomic E-state index is 11.6. The van der Waals surface area contributed by atoms with E-state index in [-0.39, 0.29) is 25.7 Å². The van der Waals surface area contributed by atoms with E-state index < -0.39 is 0 Å². The van der Waals surface area contributed by atoms with E-state index in [2.05, 4.69) is 20.7 Å². The number of thiophene rings is 1. The van der Waals surface area contributed by atoms with Crippen LogP contribution in [0.5, 0.6) is 0 Å². The van der Waals surface area contributed by atoms with Crippen molar-refractivity contribution < 1.29 is 14.6 Å². The molecule has 2 heterocycles. The number of rotatable bonds is 8. The average Bonchev–Trinajstić information content (AvgIpc) is 3.08. The van der Waals surface area contributed by atoms with Gasteiger partial charge in [0.15, 0.2) is 0 Å². The van der Waals surface area contributed by atoms with Crippen molar-refractivity contribution in [1.29, 1.82) is 0 Å². The van der Waals surface area contributed by atoms with Crippen LogP contribution in [0.2, 0.25) is 0 Å². The number of ether oxygens (including phenoxy) is 1. The zero-order valence-corrected chi connectivity index (χ0v) is 11.5. The van der Waals surface area contributed by atoms with Gasteiger partial charge in [0.1, 0.15) is 6.54 Å². The molecule has 9 heteroatoms. The quantitative estimate of drug-likeness (QED) is 0.638. The molecule has 0 saturated carbocycles. The molecule has 0 aliphatic carbocycles. The molecule has 0 fully saturated rings. The normalized spacial score (nSPS) is 10.7. The number of hydrogen-bond acceptors (Lipinski definition) is 7. The number of aliphatic hydroxyl groups is 1. The first-order chi connectivity index (χ1) is 9.79. The summed E-state index contributed by atoms with van der Waals surface area (Å²) in [7, 11) is 0. The lowest BCUT2D eigenvalue weighted by Crippen LogP contribution is -2.31. The van der Waals surface area contributed by atoms with Crippen molar-refractivity contribution in [2.24, 2.45) is 0 Å². The largest absolute Gasteiger partial charge is 0.394 e. The highest BCUT2D eigenvalue weighted by Gasteiger charge is 2.09. The molecule has 0 bridgehead atoms. The van der Waals surface area contributed by atoms with Crippen LogP contribution in [0.15, 0.2) is 17.5 Å². The minimum atomic E-state index is -0.215. The Bertz CT molecular complexity index is 528. The van der Waals surface area contributed by atoms with E-state index >= 15 is 0 Å². The molecule has 0 spiro atoms. The Hall–Kier alpha value is -1.84. The van der Waals surface area contributed by atoms with Gasteiger partial charge in [0, 0.05) is 6.54 Å². The summed E-state index contributed by atoms with van der Waals surface area (Å²) in [4.78, 5) is 13.8. The monoisotopic (exact) mass is 297 g/mol. The zero-order valence-electron chi connectivity index (χ0n) is 10.7. The van der Waals surface area contributed by atoms with E-state index in [1.54, 1.807) is 0 Å². The Balaban J connectivity index is 1.74. The second-order valence-electron chi connectivity index (χ2n) is 3.81. The fourth-order valence-electron chi connectivity index (χ4n) is 1.43. The molecule has 0 radical (unpaired) electrons. The maximum Gasteiger partial charge on any atom is 0.243 e. The number of hydrogen-bond donors (Lipinski definition) is 2. The average molecular weight is 297 g/mol. The Kier molecular flexibility index (Phi) is 5.59. The minimum absolute atomic E-state index is 0.0123. The van der Waals surface area contributed by atoms with Crippen molar-refractivity contribution in [3.05, 3.63) is 17.5 Å². The fourth-order valence-corrected chi connectivity index (χ4v) is 2.08. The Labute approximate surface area is 119 Å². The summed E-state index contributed by atoms with van der Waals surface area (Å²) in [5.41, 5.74) is 0. The zero-order chi connectivity index (χ0) is 14.2. The van der Waals surface area contributed by atoms with Gasteiger partial charge in [-0.2, -0.15) is 4.80 Å². The van der Waals surface area contributed by atoms with Crippen molar-refractivity contribution in [3.8, 4) is 10.7 Å². The Morgan fingerprint density at radius 1 is 1.50 bits per heavy atom. The second kappa shape index (κ2) is 7.68. The summed E-state index contributed by atoms with van der Waals surface area (Å²) in [6.07, 6.45) is 0. The molecule has 108 valence electrons. The van der Waals surface area contributed by atoms with Gasteiger partial charge in [0.05, 0.1) is 24.7 Å². The summed E-state index contributed by atoms with van der Waals surface area (Å²) >= 11 is 1.51. The van der Waals surface area contributed by atoms with Crippen molar-refractivity contribution in [1.82, 2.24) is 25.5 Å². The van der Waals surface area contributed by atoms with E-state index in [1.807, 2.05) is 17.5 Å². The molecule has 0 unspecified atom stereocenters. The molecule has 0 saturated heterocycles. The van der Waals surface area contributed by atoms with Crippen LogP contribution in [0.3, 0.4) is 0 Å². The lowest BCUT2D eigenvalue weighted by Gasteiger charge is -2.04. The molecule has 0 aromatic carbocycles. The first-order valence-electron chi connectivity index (χ1n) is 6.06. The third-order valence-corrected chi connectivity index (χ3v) is 3.15. The van der Waals surface area contributed by atoms with E-state index in [1.165, 1.54) is 16.1 Å². The summed E-state index contributed by atoms with van der Waals surface area (Å²) in [5, 5.41) is 24.9. The van der Waals surface area contributed by atoms with Gasteiger partial charge in [-0.15, -0.1) is 21.5 Å². The third kappa shape index (κ3) is 4.37. The Morgan fingerprint density at radius 3 is 3.15 bits per heavy atom. The van der Waals surface area contributed by atoms with Gasteiger partial charge in [-0.25, -0.2) is 0 Å². The molecule has 0 aliphatic heterocycles. The van der Waals surface area contributed by atoms with Gasteiger partial charge in [0.2, 0.25) is 11.7 Å². The van der Waals surface area contributed by atoms with Gasteiger partial charge >= 0.3 is 0 Å². The lowest BCUT2D eigenvalue weighted by molar-refractivity contribution is -0.122. The molecule has 2 aromatic heterocycles. The lowest BCUT2D eigenvalue weighted by atomic mass is 10.5. The van der Waals surface area contributed by atoms with Crippen LogP contribution in [0.4, 0.5) is 0 Å². The minimum Gasteiger partial charge on any atom is -0.394 e. The molecule has 1 amide bonds. The van der Waals surface area contributed by atoms with Crippen molar-refractivity contribution in [2.45, 2.75) is 6.54 Å². The highest BCUT2D eigenvalue weighted by Crippen LogP contribution is 2.19. The van der Waals surface area contributed by atoms with Crippen LogP contribution in [-0.2, 0) is 16.1 Å². The van der Waals surface area contributed by atoms with Gasteiger partial charge < -0.3 is 15.2 Å². The van der Waals surface area contributed by atoms with Crippen molar-refractivity contribution >= 4 is 17.2 Å². The summed E-state index contributed by atoms with van der Waals surface area (Å²) in [6.45, 7) is 0.994. The van der Waals surface area contributed by atoms with Gasteiger partial charge in [0.25, 0.3) is 0 Å². The van der Waals surface area contributed by atoms with Gasteiger partial charge in [-0.1, -0.05) is 6.07 Å². The SMILES string of the molecule is O=C(Cn1nnc(-c2cccs2)n1)NCCOCCO. The molecule has 0 aliphatic rings. The number of carbonyl (C=O) groups is 1. The molecule has 0 atom stereocenters. The highest BCUT2D eigenvalue weighted by molar-refractivity contribution is 7.13. The van der Waals surface area contributed by atoms with Gasteiger partial charge in [-0.05, 0) is 16.7 Å². The molecule has 8 nitrogen and oxygen atoms in total. The predicted octanol–water partition coefficient (Wildman–Crippen LogP) is -0.473. The molecule has 2 rings (SSSR count). The van der Waals surface area contributed by atoms with Crippen LogP contribution in [0.1, 0.15) is 0 Å². The summed E-state index contributed by atoms with van der Waals surface area (Å²) in [6, 6.07) is 3.80. The van der Waals surface area contributed by atoms with E-state index in [4.69, 9.17) is 9.84 Å². The second-order valence-corrected chi connectivity index (χ2v) is 4.75.